The summed E-state index contributed by atoms with van der Waals surface area (Å²) in [6.07, 6.45) is 7.54. The van der Waals surface area contributed by atoms with E-state index in [1.165, 1.54) is 12.8 Å². The minimum Gasteiger partial charge on any atom is -0.377 e. The van der Waals surface area contributed by atoms with Gasteiger partial charge < -0.3 is 10.1 Å². The highest BCUT2D eigenvalue weighted by Crippen LogP contribution is 2.10. The van der Waals surface area contributed by atoms with Crippen LogP contribution in [0.3, 0.4) is 0 Å². The van der Waals surface area contributed by atoms with Gasteiger partial charge in [0.1, 0.15) is 0 Å². The lowest BCUT2D eigenvalue weighted by Crippen LogP contribution is -2.27. The van der Waals surface area contributed by atoms with Crippen LogP contribution in [0.15, 0.2) is 12.4 Å². The fourth-order valence-electron chi connectivity index (χ4n) is 1.79. The minimum absolute atomic E-state index is 0.441. The van der Waals surface area contributed by atoms with Crippen molar-refractivity contribution in [2.45, 2.75) is 31.9 Å². The molecule has 0 aliphatic carbocycles. The van der Waals surface area contributed by atoms with Crippen LogP contribution < -0.4 is 5.32 Å². The van der Waals surface area contributed by atoms with Crippen LogP contribution in [0, 0.1) is 0 Å². The standard InChI is InChI=1S/C10H18N4O/c1-3-10(15-8-1)9-11-4-2-6-14-7-5-12-13-14/h5,7,10-11H,1-4,6,8-9H2. The van der Waals surface area contributed by atoms with Crippen LogP contribution >= 0.6 is 0 Å². The Morgan fingerprint density at radius 1 is 1.53 bits per heavy atom. The number of rotatable bonds is 6. The van der Waals surface area contributed by atoms with E-state index < -0.39 is 0 Å². The summed E-state index contributed by atoms with van der Waals surface area (Å²) >= 11 is 0. The van der Waals surface area contributed by atoms with Gasteiger partial charge in [0.05, 0.1) is 12.3 Å². The van der Waals surface area contributed by atoms with E-state index >= 15 is 0 Å². The highest BCUT2D eigenvalue weighted by molar-refractivity contribution is 4.68. The number of aromatic nitrogens is 3. The minimum atomic E-state index is 0.441. The Balaban J connectivity index is 1.48. The average molecular weight is 210 g/mol. The van der Waals surface area contributed by atoms with Crippen LogP contribution in [-0.2, 0) is 11.3 Å². The number of aryl methyl sites for hydroxylation is 1. The average Bonchev–Trinajstić information content (AvgIpc) is 2.88. The molecule has 1 N–H and O–H groups in total. The van der Waals surface area contributed by atoms with Crippen LogP contribution in [0.5, 0.6) is 0 Å². The van der Waals surface area contributed by atoms with E-state index in [-0.39, 0.29) is 0 Å². The van der Waals surface area contributed by atoms with Crippen molar-refractivity contribution < 1.29 is 4.74 Å². The van der Waals surface area contributed by atoms with Gasteiger partial charge in [-0.05, 0) is 25.8 Å². The summed E-state index contributed by atoms with van der Waals surface area (Å²) in [6, 6.07) is 0. The van der Waals surface area contributed by atoms with Crippen molar-refractivity contribution in [2.75, 3.05) is 19.7 Å². The molecule has 0 bridgehead atoms. The molecular formula is C10H18N4O. The van der Waals surface area contributed by atoms with Crippen molar-refractivity contribution >= 4 is 0 Å². The zero-order valence-corrected chi connectivity index (χ0v) is 8.93. The number of hydrogen-bond acceptors (Lipinski definition) is 4. The Hall–Kier alpha value is -0.940. The molecule has 0 amide bonds. The molecular weight excluding hydrogens is 192 g/mol. The number of ether oxygens (including phenoxy) is 1. The maximum atomic E-state index is 5.52. The fourth-order valence-corrected chi connectivity index (χ4v) is 1.79. The molecule has 2 heterocycles. The van der Waals surface area contributed by atoms with Crippen molar-refractivity contribution in [3.05, 3.63) is 12.4 Å². The number of nitrogens with one attached hydrogen (secondary N) is 1. The molecule has 0 aromatic carbocycles. The Morgan fingerprint density at radius 3 is 3.27 bits per heavy atom. The Kier molecular flexibility index (Phi) is 4.11. The quantitative estimate of drug-likeness (QED) is 0.692. The predicted molar refractivity (Wildman–Crippen MR) is 56.5 cm³/mol. The third-order valence-corrected chi connectivity index (χ3v) is 2.61. The van der Waals surface area contributed by atoms with Crippen molar-refractivity contribution in [1.29, 1.82) is 0 Å². The third kappa shape index (κ3) is 3.60. The molecule has 1 saturated heterocycles. The van der Waals surface area contributed by atoms with E-state index in [4.69, 9.17) is 4.74 Å². The molecule has 0 radical (unpaired) electrons. The Morgan fingerprint density at radius 2 is 2.53 bits per heavy atom. The van der Waals surface area contributed by atoms with Crippen molar-refractivity contribution in [2.24, 2.45) is 0 Å². The summed E-state index contributed by atoms with van der Waals surface area (Å²) in [5, 5.41) is 11.1. The lowest BCUT2D eigenvalue weighted by atomic mass is 10.2. The van der Waals surface area contributed by atoms with Crippen LogP contribution in [0.25, 0.3) is 0 Å². The zero-order chi connectivity index (χ0) is 10.3. The third-order valence-electron chi connectivity index (χ3n) is 2.61. The van der Waals surface area contributed by atoms with Crippen LogP contribution in [0.1, 0.15) is 19.3 Å². The molecule has 0 saturated carbocycles. The van der Waals surface area contributed by atoms with Crippen molar-refractivity contribution in [1.82, 2.24) is 20.3 Å². The molecule has 1 aliphatic rings. The first-order valence-corrected chi connectivity index (χ1v) is 5.61. The van der Waals surface area contributed by atoms with Gasteiger partial charge in [-0.1, -0.05) is 5.21 Å². The molecule has 5 heteroatoms. The van der Waals surface area contributed by atoms with Gasteiger partial charge in [-0.15, -0.1) is 5.10 Å². The normalized spacial score (nSPS) is 20.9. The smallest absolute Gasteiger partial charge is 0.0700 e. The Labute approximate surface area is 89.8 Å². The molecule has 5 nitrogen and oxygen atoms in total. The summed E-state index contributed by atoms with van der Waals surface area (Å²) in [4.78, 5) is 0. The SMILES string of the molecule is c1cn(CCCNCC2CCCO2)nn1. The number of hydrogen-bond donors (Lipinski definition) is 1. The molecule has 84 valence electrons. The van der Waals surface area contributed by atoms with Gasteiger partial charge in [0.25, 0.3) is 0 Å². The van der Waals surface area contributed by atoms with E-state index in [0.29, 0.717) is 6.10 Å². The molecule has 1 atom stereocenters. The van der Waals surface area contributed by atoms with Gasteiger partial charge in [0, 0.05) is 25.9 Å². The van der Waals surface area contributed by atoms with Gasteiger partial charge in [-0.3, -0.25) is 4.68 Å². The molecule has 2 rings (SSSR count). The monoisotopic (exact) mass is 210 g/mol. The molecule has 1 aromatic rings. The van der Waals surface area contributed by atoms with E-state index in [1.807, 2.05) is 10.9 Å². The van der Waals surface area contributed by atoms with E-state index in [1.54, 1.807) is 6.20 Å². The summed E-state index contributed by atoms with van der Waals surface area (Å²) in [5.74, 6) is 0. The summed E-state index contributed by atoms with van der Waals surface area (Å²) in [6.45, 7) is 3.86. The maximum Gasteiger partial charge on any atom is 0.0700 e. The molecule has 0 spiro atoms. The van der Waals surface area contributed by atoms with E-state index in [9.17, 15) is 0 Å². The second-order valence-corrected chi connectivity index (χ2v) is 3.86. The van der Waals surface area contributed by atoms with E-state index in [2.05, 4.69) is 15.6 Å². The van der Waals surface area contributed by atoms with Gasteiger partial charge in [0.2, 0.25) is 0 Å². The van der Waals surface area contributed by atoms with Gasteiger partial charge in [-0.25, -0.2) is 0 Å². The van der Waals surface area contributed by atoms with Crippen LogP contribution in [0.4, 0.5) is 0 Å². The predicted octanol–water partition coefficient (Wildman–Crippen LogP) is 0.437. The first kappa shape index (κ1) is 10.6. The van der Waals surface area contributed by atoms with E-state index in [0.717, 1.165) is 32.7 Å². The van der Waals surface area contributed by atoms with Gasteiger partial charge in [0.15, 0.2) is 0 Å². The summed E-state index contributed by atoms with van der Waals surface area (Å²) in [5.41, 5.74) is 0. The number of nitrogens with zero attached hydrogens (tertiary/aromatic N) is 3. The van der Waals surface area contributed by atoms with Gasteiger partial charge >= 0.3 is 0 Å². The second kappa shape index (κ2) is 5.82. The highest BCUT2D eigenvalue weighted by atomic mass is 16.5. The molecule has 15 heavy (non-hydrogen) atoms. The van der Waals surface area contributed by atoms with Gasteiger partial charge in [-0.2, -0.15) is 0 Å². The fraction of sp³-hybridized carbons (Fsp3) is 0.800. The maximum absolute atomic E-state index is 5.52. The first-order valence-electron chi connectivity index (χ1n) is 5.61. The van der Waals surface area contributed by atoms with Crippen molar-refractivity contribution in [3.8, 4) is 0 Å². The van der Waals surface area contributed by atoms with Crippen molar-refractivity contribution in [3.63, 3.8) is 0 Å². The molecule has 1 unspecified atom stereocenters. The highest BCUT2D eigenvalue weighted by Gasteiger charge is 2.13. The lowest BCUT2D eigenvalue weighted by molar-refractivity contribution is 0.110. The molecule has 1 aromatic heterocycles. The Bertz CT molecular complexity index is 256. The summed E-state index contributed by atoms with van der Waals surface area (Å²) in [7, 11) is 0. The summed E-state index contributed by atoms with van der Waals surface area (Å²) < 4.78 is 7.37. The molecule has 1 aliphatic heterocycles. The topological polar surface area (TPSA) is 52.0 Å². The largest absolute Gasteiger partial charge is 0.377 e. The lowest BCUT2D eigenvalue weighted by Gasteiger charge is -2.10. The van der Waals surface area contributed by atoms with Crippen LogP contribution in [0.2, 0.25) is 0 Å². The second-order valence-electron chi connectivity index (χ2n) is 3.86. The first-order chi connectivity index (χ1) is 7.45. The zero-order valence-electron chi connectivity index (χ0n) is 8.93. The molecule has 1 fully saturated rings. The van der Waals surface area contributed by atoms with Crippen LogP contribution in [-0.4, -0.2) is 40.8 Å².